The topological polar surface area (TPSA) is 79.4 Å². The van der Waals surface area contributed by atoms with Crippen LogP contribution in [0.5, 0.6) is 0 Å². The van der Waals surface area contributed by atoms with Crippen LogP contribution in [0.2, 0.25) is 0 Å². The minimum atomic E-state index is -3.50. The molecule has 0 radical (unpaired) electrons. The molecule has 1 amide bonds. The van der Waals surface area contributed by atoms with Crippen LogP contribution in [0.3, 0.4) is 0 Å². The van der Waals surface area contributed by atoms with Crippen molar-refractivity contribution in [3.05, 3.63) is 36.4 Å². The molecule has 3 unspecified atom stereocenters. The van der Waals surface area contributed by atoms with Crippen LogP contribution in [0.4, 0.5) is 0 Å². The first-order valence-corrected chi connectivity index (χ1v) is 11.2. The van der Waals surface area contributed by atoms with Crippen molar-refractivity contribution in [2.75, 3.05) is 13.1 Å². The Morgan fingerprint density at radius 3 is 3.00 bits per heavy atom. The minimum Gasteiger partial charge on any atom is -0.341 e. The van der Waals surface area contributed by atoms with Gasteiger partial charge in [0.15, 0.2) is 0 Å². The number of hydrogen-bond donors (Lipinski definition) is 1. The standard InChI is InChI=1S/C16H17N3O3S3/c1-2-15(20)18-16-5-10-7-19(8-14(10)24-16)25(21,22)11-3-4-12-13(6-11)23-9-17-12/h2-4,6,9-10,14,16H,1,5,7-8H2,(H,18,20). The number of rotatable bonds is 4. The number of thioether (sulfide) groups is 1. The fourth-order valence-electron chi connectivity index (χ4n) is 3.38. The zero-order valence-electron chi connectivity index (χ0n) is 13.3. The van der Waals surface area contributed by atoms with E-state index in [9.17, 15) is 13.2 Å². The molecular weight excluding hydrogens is 378 g/mol. The van der Waals surface area contributed by atoms with Gasteiger partial charge in [0, 0.05) is 18.3 Å². The second-order valence-electron chi connectivity index (χ2n) is 6.18. The van der Waals surface area contributed by atoms with Crippen molar-refractivity contribution >= 4 is 49.2 Å². The highest BCUT2D eigenvalue weighted by atomic mass is 32.2. The number of aromatic nitrogens is 1. The van der Waals surface area contributed by atoms with Crippen LogP contribution >= 0.6 is 23.1 Å². The number of carbonyl (C=O) groups excluding carboxylic acids is 1. The van der Waals surface area contributed by atoms with Gasteiger partial charge in [-0.25, -0.2) is 13.4 Å². The third kappa shape index (κ3) is 3.10. The number of carbonyl (C=O) groups is 1. The van der Waals surface area contributed by atoms with E-state index in [2.05, 4.69) is 16.9 Å². The highest BCUT2D eigenvalue weighted by Crippen LogP contribution is 2.43. The Morgan fingerprint density at radius 1 is 1.40 bits per heavy atom. The fraction of sp³-hybridized carbons (Fsp3) is 0.375. The van der Waals surface area contributed by atoms with Crippen LogP contribution < -0.4 is 5.32 Å². The van der Waals surface area contributed by atoms with Crippen molar-refractivity contribution < 1.29 is 13.2 Å². The molecule has 1 aromatic heterocycles. The van der Waals surface area contributed by atoms with E-state index in [1.165, 1.54) is 17.4 Å². The van der Waals surface area contributed by atoms with E-state index in [0.29, 0.717) is 18.0 Å². The van der Waals surface area contributed by atoms with E-state index in [-0.39, 0.29) is 22.4 Å². The van der Waals surface area contributed by atoms with E-state index < -0.39 is 10.0 Å². The summed E-state index contributed by atoms with van der Waals surface area (Å²) < 4.78 is 28.4. The number of sulfonamides is 1. The largest absolute Gasteiger partial charge is 0.341 e. The maximum absolute atomic E-state index is 13.0. The van der Waals surface area contributed by atoms with Gasteiger partial charge in [0.2, 0.25) is 15.9 Å². The molecule has 0 bridgehead atoms. The normalized spacial score (nSPS) is 26.6. The van der Waals surface area contributed by atoms with Crippen LogP contribution in [-0.2, 0) is 14.8 Å². The molecule has 3 atom stereocenters. The Kier molecular flexibility index (Phi) is 4.35. The SMILES string of the molecule is C=CC(=O)NC1CC2CN(S(=O)(=O)c3ccc4ncsc4c3)CC2S1. The lowest BCUT2D eigenvalue weighted by Crippen LogP contribution is -2.33. The van der Waals surface area contributed by atoms with Crippen LogP contribution in [0.25, 0.3) is 10.2 Å². The van der Waals surface area contributed by atoms with Gasteiger partial charge in [0.1, 0.15) is 0 Å². The lowest BCUT2D eigenvalue weighted by Gasteiger charge is -2.19. The van der Waals surface area contributed by atoms with E-state index in [4.69, 9.17) is 0 Å². The Hall–Kier alpha value is -1.42. The molecule has 2 aromatic rings. The molecule has 4 rings (SSSR count). The molecule has 9 heteroatoms. The molecule has 6 nitrogen and oxygen atoms in total. The molecule has 1 aromatic carbocycles. The first-order valence-electron chi connectivity index (χ1n) is 7.89. The average Bonchev–Trinajstić information content (AvgIpc) is 3.27. The summed E-state index contributed by atoms with van der Waals surface area (Å²) in [5.74, 6) is 0.0850. The summed E-state index contributed by atoms with van der Waals surface area (Å²) in [5.41, 5.74) is 2.54. The number of benzene rings is 1. The van der Waals surface area contributed by atoms with Gasteiger partial charge < -0.3 is 5.32 Å². The molecule has 1 N–H and O–H groups in total. The molecule has 2 aliphatic rings. The zero-order valence-corrected chi connectivity index (χ0v) is 15.7. The Bertz CT molecular complexity index is 926. The highest BCUT2D eigenvalue weighted by Gasteiger charge is 2.45. The van der Waals surface area contributed by atoms with Gasteiger partial charge >= 0.3 is 0 Å². The quantitative estimate of drug-likeness (QED) is 0.802. The summed E-state index contributed by atoms with van der Waals surface area (Å²) in [6.45, 7) is 4.44. The first-order chi connectivity index (χ1) is 12.0. The molecular formula is C16H17N3O3S3. The molecule has 0 spiro atoms. The molecule has 2 aliphatic heterocycles. The molecule has 132 valence electrons. The lowest BCUT2D eigenvalue weighted by molar-refractivity contribution is -0.116. The molecule has 3 heterocycles. The summed E-state index contributed by atoms with van der Waals surface area (Å²) in [5, 5.41) is 3.15. The first kappa shape index (κ1) is 17.0. The Morgan fingerprint density at radius 2 is 2.24 bits per heavy atom. The van der Waals surface area contributed by atoms with E-state index in [0.717, 1.165) is 16.6 Å². The van der Waals surface area contributed by atoms with Crippen LogP contribution in [0.1, 0.15) is 6.42 Å². The Balaban J connectivity index is 1.49. The van der Waals surface area contributed by atoms with Gasteiger partial charge in [0.05, 0.1) is 26.0 Å². The van der Waals surface area contributed by atoms with Crippen LogP contribution in [0.15, 0.2) is 41.3 Å². The van der Waals surface area contributed by atoms with Gasteiger partial charge in [-0.1, -0.05) is 6.58 Å². The summed E-state index contributed by atoms with van der Waals surface area (Å²) >= 11 is 3.09. The third-order valence-corrected chi connectivity index (χ3v) is 8.77. The van der Waals surface area contributed by atoms with E-state index in [1.807, 2.05) is 0 Å². The monoisotopic (exact) mass is 395 g/mol. The zero-order chi connectivity index (χ0) is 17.6. The van der Waals surface area contributed by atoms with Crippen molar-refractivity contribution in [3.8, 4) is 0 Å². The van der Waals surface area contributed by atoms with Gasteiger partial charge in [0.25, 0.3) is 0 Å². The summed E-state index contributed by atoms with van der Waals surface area (Å²) in [6.07, 6.45) is 2.05. The van der Waals surface area contributed by atoms with Crippen molar-refractivity contribution in [2.45, 2.75) is 21.9 Å². The van der Waals surface area contributed by atoms with Gasteiger partial charge in [-0.3, -0.25) is 4.79 Å². The number of fused-ring (bicyclic) bond motifs is 2. The molecule has 25 heavy (non-hydrogen) atoms. The smallest absolute Gasteiger partial charge is 0.244 e. The van der Waals surface area contributed by atoms with Crippen molar-refractivity contribution in [2.24, 2.45) is 5.92 Å². The van der Waals surface area contributed by atoms with Gasteiger partial charge in [-0.2, -0.15) is 4.31 Å². The maximum atomic E-state index is 13.0. The van der Waals surface area contributed by atoms with Crippen molar-refractivity contribution in [1.29, 1.82) is 0 Å². The van der Waals surface area contributed by atoms with E-state index in [1.54, 1.807) is 39.8 Å². The van der Waals surface area contributed by atoms with E-state index >= 15 is 0 Å². The number of nitrogens with zero attached hydrogens (tertiary/aromatic N) is 2. The van der Waals surface area contributed by atoms with Crippen molar-refractivity contribution in [3.63, 3.8) is 0 Å². The van der Waals surface area contributed by atoms with Crippen molar-refractivity contribution in [1.82, 2.24) is 14.6 Å². The summed E-state index contributed by atoms with van der Waals surface area (Å²) in [7, 11) is -3.50. The summed E-state index contributed by atoms with van der Waals surface area (Å²) in [6, 6.07) is 5.09. The number of thiazole rings is 1. The maximum Gasteiger partial charge on any atom is 0.244 e. The Labute approximate surface area is 154 Å². The van der Waals surface area contributed by atoms with Gasteiger partial charge in [-0.05, 0) is 36.6 Å². The third-order valence-electron chi connectivity index (χ3n) is 4.63. The summed E-state index contributed by atoms with van der Waals surface area (Å²) in [4.78, 5) is 15.9. The predicted molar refractivity (Wildman–Crippen MR) is 100.0 cm³/mol. The lowest BCUT2D eigenvalue weighted by atomic mass is 10.1. The minimum absolute atomic E-state index is 0.0406. The second-order valence-corrected chi connectivity index (χ2v) is 10.4. The second kappa shape index (κ2) is 6.39. The molecule has 2 fully saturated rings. The highest BCUT2D eigenvalue weighted by molar-refractivity contribution is 8.00. The number of hydrogen-bond acceptors (Lipinski definition) is 6. The molecule has 0 saturated carbocycles. The van der Waals surface area contributed by atoms with Crippen LogP contribution in [0, 0.1) is 5.92 Å². The average molecular weight is 396 g/mol. The molecule has 0 aliphatic carbocycles. The van der Waals surface area contributed by atoms with Gasteiger partial charge in [-0.15, -0.1) is 23.1 Å². The molecule has 2 saturated heterocycles. The van der Waals surface area contributed by atoms with Crippen LogP contribution in [-0.4, -0.2) is 47.3 Å². The predicted octanol–water partition coefficient (Wildman–Crippen LogP) is 2.05. The number of nitrogens with one attached hydrogen (secondary N) is 1. The number of amides is 1. The fourth-order valence-corrected chi connectivity index (χ4v) is 7.46.